The van der Waals surface area contributed by atoms with Gasteiger partial charge in [-0.1, -0.05) is 72.4 Å². The van der Waals surface area contributed by atoms with Crippen molar-refractivity contribution in [3.8, 4) is 0 Å². The smallest absolute Gasteiger partial charge is 0.180 e. The normalized spacial score (nSPS) is 11.1. The molecular formula is C15H15N3S. The molecule has 0 unspecified atom stereocenters. The zero-order chi connectivity index (χ0) is 13.5. The average Bonchev–Trinajstić information content (AvgIpc) is 2.49. The van der Waals surface area contributed by atoms with Gasteiger partial charge in [-0.15, -0.1) is 10.2 Å². The highest BCUT2D eigenvalue weighted by Crippen LogP contribution is 2.11. The Hall–Kier alpha value is -2.07. The Morgan fingerprint density at radius 1 is 0.842 bits per heavy atom. The lowest BCUT2D eigenvalue weighted by Crippen LogP contribution is -2.07. The third-order valence-electron chi connectivity index (χ3n) is 2.55. The molecule has 0 aliphatic rings. The highest BCUT2D eigenvalue weighted by atomic mass is 32.2. The summed E-state index contributed by atoms with van der Waals surface area (Å²) >= 11 is 1.38. The minimum absolute atomic E-state index is 0.448. The van der Waals surface area contributed by atoms with Crippen LogP contribution in [0.25, 0.3) is 0 Å². The summed E-state index contributed by atoms with van der Waals surface area (Å²) in [6.45, 7) is 0. The van der Waals surface area contributed by atoms with Crippen LogP contribution in [0.2, 0.25) is 0 Å². The van der Waals surface area contributed by atoms with E-state index < -0.39 is 0 Å². The predicted molar refractivity (Wildman–Crippen MR) is 83.7 cm³/mol. The molecule has 0 heterocycles. The van der Waals surface area contributed by atoms with E-state index in [0.717, 1.165) is 16.8 Å². The Balaban J connectivity index is 2.46. The summed E-state index contributed by atoms with van der Waals surface area (Å²) in [6.07, 6.45) is 1.87. The molecule has 0 aromatic heterocycles. The largest absolute Gasteiger partial charge is 0.377 e. The Bertz CT molecular complexity index is 535. The first-order valence-corrected chi connectivity index (χ1v) is 7.09. The van der Waals surface area contributed by atoms with Crippen molar-refractivity contribution >= 4 is 22.6 Å². The van der Waals surface area contributed by atoms with Crippen LogP contribution in [-0.4, -0.2) is 17.1 Å². The molecule has 3 nitrogen and oxygen atoms in total. The maximum Gasteiger partial charge on any atom is 0.180 e. The average molecular weight is 269 g/mol. The molecule has 0 amide bonds. The van der Waals surface area contributed by atoms with Crippen LogP contribution < -0.4 is 5.73 Å². The van der Waals surface area contributed by atoms with Gasteiger partial charge in [-0.2, -0.15) is 0 Å². The summed E-state index contributed by atoms with van der Waals surface area (Å²) in [4.78, 5) is 0. The van der Waals surface area contributed by atoms with Crippen molar-refractivity contribution < 1.29 is 0 Å². The lowest BCUT2D eigenvalue weighted by atomic mass is 10.0. The Morgan fingerprint density at radius 2 is 1.32 bits per heavy atom. The van der Waals surface area contributed by atoms with E-state index in [2.05, 4.69) is 10.2 Å². The number of hydrogen-bond donors (Lipinski definition) is 1. The molecule has 0 aliphatic carbocycles. The van der Waals surface area contributed by atoms with Gasteiger partial charge in [0.25, 0.3) is 0 Å². The molecule has 2 aromatic carbocycles. The summed E-state index contributed by atoms with van der Waals surface area (Å²) in [5.74, 6) is 0. The topological polar surface area (TPSA) is 50.7 Å². The third-order valence-corrected chi connectivity index (χ3v) is 3.05. The van der Waals surface area contributed by atoms with Crippen LogP contribution in [0.5, 0.6) is 0 Å². The van der Waals surface area contributed by atoms with Gasteiger partial charge in [0.2, 0.25) is 0 Å². The van der Waals surface area contributed by atoms with Gasteiger partial charge >= 0.3 is 0 Å². The van der Waals surface area contributed by atoms with Crippen molar-refractivity contribution in [1.29, 1.82) is 0 Å². The van der Waals surface area contributed by atoms with E-state index in [1.807, 2.05) is 66.9 Å². The number of hydrogen-bond acceptors (Lipinski definition) is 3. The maximum absolute atomic E-state index is 5.68. The van der Waals surface area contributed by atoms with Crippen molar-refractivity contribution in [2.45, 2.75) is 0 Å². The number of benzene rings is 2. The van der Waals surface area contributed by atoms with Gasteiger partial charge in [-0.25, -0.2) is 0 Å². The van der Waals surface area contributed by atoms with E-state index in [1.165, 1.54) is 11.8 Å². The van der Waals surface area contributed by atoms with Gasteiger partial charge in [0.05, 0.1) is 0 Å². The van der Waals surface area contributed by atoms with Crippen molar-refractivity contribution in [2.24, 2.45) is 15.9 Å². The number of nitrogens with two attached hydrogens (primary N) is 1. The third kappa shape index (κ3) is 3.69. The second-order valence-corrected chi connectivity index (χ2v) is 4.65. The lowest BCUT2D eigenvalue weighted by molar-refractivity contribution is 1.23. The molecule has 0 fully saturated rings. The van der Waals surface area contributed by atoms with Crippen LogP contribution in [0.1, 0.15) is 11.1 Å². The van der Waals surface area contributed by atoms with Crippen LogP contribution >= 0.6 is 11.8 Å². The zero-order valence-electron chi connectivity index (χ0n) is 10.7. The zero-order valence-corrected chi connectivity index (χ0v) is 11.5. The van der Waals surface area contributed by atoms with Crippen molar-refractivity contribution in [3.63, 3.8) is 0 Å². The molecular weight excluding hydrogens is 254 g/mol. The highest BCUT2D eigenvalue weighted by molar-refractivity contribution is 8.13. The minimum Gasteiger partial charge on any atom is -0.377 e. The molecule has 0 radical (unpaired) electrons. The van der Waals surface area contributed by atoms with E-state index in [4.69, 9.17) is 5.73 Å². The molecule has 96 valence electrons. The highest BCUT2D eigenvalue weighted by Gasteiger charge is 2.05. The van der Waals surface area contributed by atoms with Gasteiger partial charge in [0.15, 0.2) is 5.17 Å². The van der Waals surface area contributed by atoms with E-state index in [9.17, 15) is 0 Å². The Kier molecular flexibility index (Phi) is 4.75. The summed E-state index contributed by atoms with van der Waals surface area (Å²) in [7, 11) is 0. The van der Waals surface area contributed by atoms with Crippen molar-refractivity contribution in [3.05, 3.63) is 71.8 Å². The molecule has 0 bridgehead atoms. The van der Waals surface area contributed by atoms with Gasteiger partial charge in [-0.3, -0.25) is 0 Å². The van der Waals surface area contributed by atoms with E-state index in [0.29, 0.717) is 5.17 Å². The fourth-order valence-corrected chi connectivity index (χ4v) is 1.74. The van der Waals surface area contributed by atoms with Gasteiger partial charge in [-0.05, 0) is 6.26 Å². The first-order valence-electron chi connectivity index (χ1n) is 5.87. The monoisotopic (exact) mass is 269 g/mol. The fourth-order valence-electron chi connectivity index (χ4n) is 1.61. The maximum atomic E-state index is 5.68. The first-order chi connectivity index (χ1) is 9.31. The second-order valence-electron chi connectivity index (χ2n) is 3.82. The van der Waals surface area contributed by atoms with E-state index in [1.54, 1.807) is 0 Å². The SMILES string of the molecule is CSC(N)=NN=C(c1ccccc1)c1ccccc1. The first kappa shape index (κ1) is 13.4. The molecule has 0 atom stereocenters. The molecule has 19 heavy (non-hydrogen) atoms. The number of amidine groups is 1. The standard InChI is InChI=1S/C15H15N3S/c1-19-15(16)18-17-14(12-8-4-2-5-9-12)13-10-6-3-7-11-13/h2-11H,1H3,(H2,16,18). The van der Waals surface area contributed by atoms with Gasteiger partial charge in [0.1, 0.15) is 5.71 Å². The van der Waals surface area contributed by atoms with Crippen molar-refractivity contribution in [2.75, 3.05) is 6.26 Å². The molecule has 2 rings (SSSR count). The van der Waals surface area contributed by atoms with Crippen LogP contribution in [0.15, 0.2) is 70.9 Å². The van der Waals surface area contributed by atoms with Crippen molar-refractivity contribution in [1.82, 2.24) is 0 Å². The molecule has 4 heteroatoms. The van der Waals surface area contributed by atoms with Crippen LogP contribution in [-0.2, 0) is 0 Å². The molecule has 0 aliphatic heterocycles. The number of thioether (sulfide) groups is 1. The fraction of sp³-hybridized carbons (Fsp3) is 0.0667. The molecule has 2 N–H and O–H groups in total. The van der Waals surface area contributed by atoms with Gasteiger partial charge < -0.3 is 5.73 Å². The van der Waals surface area contributed by atoms with E-state index in [-0.39, 0.29) is 0 Å². The van der Waals surface area contributed by atoms with Crippen LogP contribution in [0.4, 0.5) is 0 Å². The summed E-state index contributed by atoms with van der Waals surface area (Å²) < 4.78 is 0. The summed E-state index contributed by atoms with van der Waals surface area (Å²) in [6, 6.07) is 19.9. The van der Waals surface area contributed by atoms with Crippen LogP contribution in [0.3, 0.4) is 0 Å². The quantitative estimate of drug-likeness (QED) is 0.529. The molecule has 0 saturated heterocycles. The lowest BCUT2D eigenvalue weighted by Gasteiger charge is -2.05. The molecule has 0 saturated carbocycles. The summed E-state index contributed by atoms with van der Waals surface area (Å²) in [5, 5.41) is 8.78. The molecule has 2 aromatic rings. The number of rotatable bonds is 3. The van der Waals surface area contributed by atoms with Gasteiger partial charge in [0, 0.05) is 11.1 Å². The van der Waals surface area contributed by atoms with Crippen LogP contribution in [0, 0.1) is 0 Å². The Morgan fingerprint density at radius 3 is 1.74 bits per heavy atom. The Labute approximate surface area is 117 Å². The second kappa shape index (κ2) is 6.75. The summed E-state index contributed by atoms with van der Waals surface area (Å²) in [5.41, 5.74) is 8.54. The minimum atomic E-state index is 0.448. The number of nitrogens with zero attached hydrogens (tertiary/aromatic N) is 2. The molecule has 0 spiro atoms. The predicted octanol–water partition coefficient (Wildman–Crippen LogP) is 3.12. The van der Waals surface area contributed by atoms with E-state index >= 15 is 0 Å².